The molecule has 4 rings (SSSR count). The summed E-state index contributed by atoms with van der Waals surface area (Å²) in [5.74, 6) is -0.875. The smallest absolute Gasteiger partial charge is 0.339 e. The molecule has 0 saturated carbocycles. The molecule has 2 aliphatic rings. The highest BCUT2D eigenvalue weighted by molar-refractivity contribution is 8.00. The number of likely N-dealkylation sites (tertiary alicyclic amines) is 1. The number of fused-ring (bicyclic) bond motifs is 1. The molecule has 2 amide bonds. The molecule has 0 aliphatic carbocycles. The van der Waals surface area contributed by atoms with Crippen LogP contribution in [0.2, 0.25) is 0 Å². The van der Waals surface area contributed by atoms with Crippen LogP contribution in [-0.4, -0.2) is 41.0 Å². The molecule has 30 heavy (non-hydrogen) atoms. The summed E-state index contributed by atoms with van der Waals surface area (Å²) in [5.41, 5.74) is 1.55. The van der Waals surface area contributed by atoms with Crippen molar-refractivity contribution in [2.45, 2.75) is 42.4 Å². The number of esters is 1. The number of carbonyl (C=O) groups is 3. The van der Waals surface area contributed by atoms with Gasteiger partial charge in [-0.15, -0.1) is 11.8 Å². The number of thioether (sulfide) groups is 1. The lowest BCUT2D eigenvalue weighted by molar-refractivity contribution is -0.142. The van der Waals surface area contributed by atoms with E-state index in [1.807, 2.05) is 25.1 Å². The number of benzene rings is 2. The lowest BCUT2D eigenvalue weighted by Gasteiger charge is -2.30. The number of anilines is 1. The van der Waals surface area contributed by atoms with Crippen LogP contribution in [0, 0.1) is 0 Å². The molecule has 2 aromatic carbocycles. The molecule has 2 aliphatic heterocycles. The summed E-state index contributed by atoms with van der Waals surface area (Å²) < 4.78 is 5.73. The molecule has 2 unspecified atom stereocenters. The summed E-state index contributed by atoms with van der Waals surface area (Å²) in [6.45, 7) is 3.20. The van der Waals surface area contributed by atoms with E-state index in [1.54, 1.807) is 35.2 Å². The van der Waals surface area contributed by atoms with E-state index in [9.17, 15) is 14.4 Å². The normalized spacial score (nSPS) is 19.4. The molecule has 2 atom stereocenters. The minimum atomic E-state index is -0.989. The van der Waals surface area contributed by atoms with Crippen LogP contribution in [0.25, 0.3) is 0 Å². The van der Waals surface area contributed by atoms with Gasteiger partial charge in [-0.2, -0.15) is 0 Å². The van der Waals surface area contributed by atoms with E-state index in [2.05, 4.69) is 5.32 Å². The van der Waals surface area contributed by atoms with Crippen LogP contribution in [0.3, 0.4) is 0 Å². The minimum absolute atomic E-state index is 0.0968. The van der Waals surface area contributed by atoms with E-state index < -0.39 is 12.1 Å². The standard InChI is InChI=1S/C23H24N2O4S/c1-15-21(26)24-18-14-17(10-11-19(18)30-15)23(28)29-20(16-8-4-2-5-9-16)22(27)25-12-6-3-7-13-25/h2,4-5,8-11,14-15,20H,3,6-7,12-13H2,1H3,(H,24,26). The monoisotopic (exact) mass is 424 g/mol. The molecule has 0 aromatic heterocycles. The Morgan fingerprint density at radius 1 is 1.10 bits per heavy atom. The fraction of sp³-hybridized carbons (Fsp3) is 0.348. The van der Waals surface area contributed by atoms with E-state index in [1.165, 1.54) is 11.8 Å². The van der Waals surface area contributed by atoms with E-state index in [0.717, 1.165) is 24.2 Å². The van der Waals surface area contributed by atoms with Gasteiger partial charge in [-0.1, -0.05) is 30.3 Å². The van der Waals surface area contributed by atoms with Crippen LogP contribution in [0.5, 0.6) is 0 Å². The third-order valence-corrected chi connectivity index (χ3v) is 6.54. The van der Waals surface area contributed by atoms with Crippen molar-refractivity contribution in [3.05, 3.63) is 59.7 Å². The molecular weight excluding hydrogens is 400 g/mol. The van der Waals surface area contributed by atoms with E-state index in [0.29, 0.717) is 29.9 Å². The number of nitrogens with one attached hydrogen (secondary N) is 1. The van der Waals surface area contributed by atoms with Gasteiger partial charge in [-0.3, -0.25) is 9.59 Å². The molecule has 2 aromatic rings. The van der Waals surface area contributed by atoms with Crippen molar-refractivity contribution < 1.29 is 19.1 Å². The van der Waals surface area contributed by atoms with Gasteiger partial charge in [-0.05, 0) is 44.4 Å². The van der Waals surface area contributed by atoms with Crippen molar-refractivity contribution >= 4 is 35.2 Å². The highest BCUT2D eigenvalue weighted by Gasteiger charge is 2.31. The van der Waals surface area contributed by atoms with Gasteiger partial charge in [-0.25, -0.2) is 4.79 Å². The Bertz CT molecular complexity index is 957. The third-order valence-electron chi connectivity index (χ3n) is 5.37. The van der Waals surface area contributed by atoms with Crippen LogP contribution >= 0.6 is 11.8 Å². The first-order chi connectivity index (χ1) is 14.5. The molecular formula is C23H24N2O4S. The SMILES string of the molecule is CC1Sc2ccc(C(=O)OC(C(=O)N3CCCCC3)c3ccccc3)cc2NC1=O. The van der Waals surface area contributed by atoms with Crippen LogP contribution in [0.4, 0.5) is 5.69 Å². The number of nitrogens with zero attached hydrogens (tertiary/aromatic N) is 1. The minimum Gasteiger partial charge on any atom is -0.444 e. The lowest BCUT2D eigenvalue weighted by Crippen LogP contribution is -2.40. The predicted molar refractivity (Wildman–Crippen MR) is 115 cm³/mol. The topological polar surface area (TPSA) is 75.7 Å². The molecule has 1 fully saturated rings. The number of amides is 2. The van der Waals surface area contributed by atoms with Crippen LogP contribution in [0.1, 0.15) is 48.2 Å². The maximum atomic E-state index is 13.2. The van der Waals surface area contributed by atoms with Crippen molar-refractivity contribution in [3.8, 4) is 0 Å². The van der Waals surface area contributed by atoms with Crippen molar-refractivity contribution in [2.75, 3.05) is 18.4 Å². The maximum Gasteiger partial charge on any atom is 0.339 e. The second-order valence-electron chi connectivity index (χ2n) is 7.54. The highest BCUT2D eigenvalue weighted by atomic mass is 32.2. The molecule has 1 N–H and O–H groups in total. The van der Waals surface area contributed by atoms with Gasteiger partial charge < -0.3 is 15.0 Å². The Morgan fingerprint density at radius 3 is 2.57 bits per heavy atom. The first-order valence-electron chi connectivity index (χ1n) is 10.2. The average Bonchev–Trinajstić information content (AvgIpc) is 2.78. The van der Waals surface area contributed by atoms with Gasteiger partial charge >= 0.3 is 5.97 Å². The number of carbonyl (C=O) groups excluding carboxylic acids is 3. The third kappa shape index (κ3) is 4.36. The summed E-state index contributed by atoms with van der Waals surface area (Å²) in [4.78, 5) is 40.7. The molecule has 7 heteroatoms. The van der Waals surface area contributed by atoms with Gasteiger partial charge in [0.25, 0.3) is 5.91 Å². The Labute approximate surface area is 180 Å². The summed E-state index contributed by atoms with van der Waals surface area (Å²) in [5, 5.41) is 2.64. The predicted octanol–water partition coefficient (Wildman–Crippen LogP) is 4.03. The molecule has 0 bridgehead atoms. The first kappa shape index (κ1) is 20.5. The number of ether oxygens (including phenoxy) is 1. The van der Waals surface area contributed by atoms with Crippen LogP contribution in [-0.2, 0) is 14.3 Å². The molecule has 6 nitrogen and oxygen atoms in total. The Morgan fingerprint density at radius 2 is 1.83 bits per heavy atom. The quantitative estimate of drug-likeness (QED) is 0.750. The van der Waals surface area contributed by atoms with Crippen molar-refractivity contribution in [1.82, 2.24) is 4.90 Å². The lowest BCUT2D eigenvalue weighted by atomic mass is 10.1. The van der Waals surface area contributed by atoms with E-state index >= 15 is 0 Å². The average molecular weight is 425 g/mol. The number of piperidine rings is 1. The Balaban J connectivity index is 1.57. The van der Waals surface area contributed by atoms with Gasteiger partial charge in [0, 0.05) is 23.5 Å². The summed E-state index contributed by atoms with van der Waals surface area (Å²) in [7, 11) is 0. The molecule has 0 radical (unpaired) electrons. The molecule has 0 spiro atoms. The zero-order valence-electron chi connectivity index (χ0n) is 16.8. The van der Waals surface area contributed by atoms with Crippen molar-refractivity contribution in [1.29, 1.82) is 0 Å². The fourth-order valence-corrected chi connectivity index (χ4v) is 4.61. The number of hydrogen-bond donors (Lipinski definition) is 1. The van der Waals surface area contributed by atoms with Crippen molar-refractivity contribution in [3.63, 3.8) is 0 Å². The fourth-order valence-electron chi connectivity index (χ4n) is 3.68. The van der Waals surface area contributed by atoms with Gasteiger partial charge in [0.2, 0.25) is 12.0 Å². The zero-order valence-corrected chi connectivity index (χ0v) is 17.6. The Kier molecular flexibility index (Phi) is 6.08. The zero-order chi connectivity index (χ0) is 21.1. The summed E-state index contributed by atoms with van der Waals surface area (Å²) in [6, 6.07) is 14.2. The van der Waals surface area contributed by atoms with Crippen LogP contribution in [0.15, 0.2) is 53.4 Å². The first-order valence-corrected chi connectivity index (χ1v) is 11.1. The molecule has 1 saturated heterocycles. The number of rotatable bonds is 4. The van der Waals surface area contributed by atoms with E-state index in [4.69, 9.17) is 4.74 Å². The largest absolute Gasteiger partial charge is 0.444 e. The van der Waals surface area contributed by atoms with Crippen LogP contribution < -0.4 is 5.32 Å². The second-order valence-corrected chi connectivity index (χ2v) is 8.92. The van der Waals surface area contributed by atoms with Gasteiger partial charge in [0.1, 0.15) is 0 Å². The van der Waals surface area contributed by atoms with E-state index in [-0.39, 0.29) is 17.1 Å². The van der Waals surface area contributed by atoms with Crippen molar-refractivity contribution in [2.24, 2.45) is 0 Å². The summed E-state index contributed by atoms with van der Waals surface area (Å²) >= 11 is 1.45. The van der Waals surface area contributed by atoms with Gasteiger partial charge in [0.15, 0.2) is 0 Å². The highest BCUT2D eigenvalue weighted by Crippen LogP contribution is 2.36. The molecule has 156 valence electrons. The Hall–Kier alpha value is -2.80. The maximum absolute atomic E-state index is 13.2. The molecule has 2 heterocycles. The second kappa shape index (κ2) is 8.92. The summed E-state index contributed by atoms with van der Waals surface area (Å²) in [6.07, 6.45) is 2.04. The number of hydrogen-bond acceptors (Lipinski definition) is 5. The van der Waals surface area contributed by atoms with Gasteiger partial charge in [0.05, 0.1) is 16.5 Å².